The predicted molar refractivity (Wildman–Crippen MR) is 72.5 cm³/mol. The highest BCUT2D eigenvalue weighted by molar-refractivity contribution is 5.70. The summed E-state index contributed by atoms with van der Waals surface area (Å²) in [6.07, 6.45) is 11.9. The number of nitrogens with zero attached hydrogens (tertiary/aromatic N) is 1. The highest BCUT2D eigenvalue weighted by atomic mass is 16.4. The third kappa shape index (κ3) is 3.35. The molecule has 2 aliphatic rings. The molecule has 0 spiro atoms. The van der Waals surface area contributed by atoms with Crippen LogP contribution in [0.3, 0.4) is 0 Å². The van der Waals surface area contributed by atoms with Crippen molar-refractivity contribution in [3.8, 4) is 0 Å². The average Bonchev–Trinajstić information content (AvgIpc) is 2.27. The number of allylic oxidation sites excluding steroid dienone is 1. The smallest absolute Gasteiger partial charge is 0.306 e. The normalized spacial score (nSPS) is 36.6. The number of carboxylic acids is 1. The summed E-state index contributed by atoms with van der Waals surface area (Å²) in [5, 5.41) is 9.15. The van der Waals surface area contributed by atoms with E-state index in [2.05, 4.69) is 24.0 Å². The van der Waals surface area contributed by atoms with Gasteiger partial charge in [0.05, 0.1) is 5.92 Å². The second-order valence-electron chi connectivity index (χ2n) is 5.84. The van der Waals surface area contributed by atoms with Gasteiger partial charge in [0.15, 0.2) is 0 Å². The second kappa shape index (κ2) is 6.37. The standard InChI is InChI=1S/C15H25NO2/c1-12-11-16(10-9-14(12)15(17)18)13-7-5-3-2-4-6-8-13/h5,7,12-14H,2-4,6,8-11H2,1H3,(H,17,18)/b7-5+. The molecule has 0 amide bonds. The Labute approximate surface area is 110 Å². The van der Waals surface area contributed by atoms with Gasteiger partial charge in [-0.15, -0.1) is 0 Å². The molecule has 0 aromatic heterocycles. The lowest BCUT2D eigenvalue weighted by Crippen LogP contribution is -2.46. The predicted octanol–water partition coefficient (Wildman–Crippen LogP) is 2.92. The van der Waals surface area contributed by atoms with Gasteiger partial charge in [0.25, 0.3) is 0 Å². The maximum absolute atomic E-state index is 11.1. The zero-order chi connectivity index (χ0) is 13.0. The fraction of sp³-hybridized carbons (Fsp3) is 0.800. The molecule has 1 aliphatic heterocycles. The number of rotatable bonds is 2. The van der Waals surface area contributed by atoms with Crippen molar-refractivity contribution < 1.29 is 9.90 Å². The van der Waals surface area contributed by atoms with Crippen LogP contribution in [0.1, 0.15) is 45.4 Å². The van der Waals surface area contributed by atoms with Crippen molar-refractivity contribution in [3.05, 3.63) is 12.2 Å². The highest BCUT2D eigenvalue weighted by Crippen LogP contribution is 2.27. The molecule has 0 saturated carbocycles. The number of hydrogen-bond acceptors (Lipinski definition) is 2. The summed E-state index contributed by atoms with van der Waals surface area (Å²) in [6, 6.07) is 0.544. The number of hydrogen-bond donors (Lipinski definition) is 1. The van der Waals surface area contributed by atoms with Crippen molar-refractivity contribution in [3.63, 3.8) is 0 Å². The first kappa shape index (κ1) is 13.6. The number of aliphatic carboxylic acids is 1. The van der Waals surface area contributed by atoms with Gasteiger partial charge in [0.1, 0.15) is 0 Å². The van der Waals surface area contributed by atoms with Crippen LogP contribution >= 0.6 is 0 Å². The van der Waals surface area contributed by atoms with Gasteiger partial charge in [-0.2, -0.15) is 0 Å². The van der Waals surface area contributed by atoms with Gasteiger partial charge in [-0.3, -0.25) is 9.69 Å². The minimum Gasteiger partial charge on any atom is -0.481 e. The van der Waals surface area contributed by atoms with E-state index in [-0.39, 0.29) is 11.8 Å². The van der Waals surface area contributed by atoms with Crippen molar-refractivity contribution in [2.24, 2.45) is 11.8 Å². The lowest BCUT2D eigenvalue weighted by molar-refractivity contribution is -0.145. The Morgan fingerprint density at radius 1 is 1.28 bits per heavy atom. The molecule has 3 nitrogen and oxygen atoms in total. The Morgan fingerprint density at radius 3 is 2.83 bits per heavy atom. The van der Waals surface area contributed by atoms with E-state index in [4.69, 9.17) is 5.11 Å². The molecular formula is C15H25NO2. The minimum absolute atomic E-state index is 0.140. The fourth-order valence-electron chi connectivity index (χ4n) is 3.29. The summed E-state index contributed by atoms with van der Waals surface area (Å²) in [6.45, 7) is 3.96. The molecule has 3 heteroatoms. The minimum atomic E-state index is -0.615. The van der Waals surface area contributed by atoms with Crippen molar-refractivity contribution >= 4 is 5.97 Å². The van der Waals surface area contributed by atoms with Crippen LogP contribution in [0.15, 0.2) is 12.2 Å². The highest BCUT2D eigenvalue weighted by Gasteiger charge is 2.33. The SMILES string of the molecule is CC1CN(C2/C=C/CCCCC2)CCC1C(=O)O. The van der Waals surface area contributed by atoms with Gasteiger partial charge in [-0.05, 0) is 38.1 Å². The van der Waals surface area contributed by atoms with Crippen LogP contribution in [0.5, 0.6) is 0 Å². The monoisotopic (exact) mass is 251 g/mol. The van der Waals surface area contributed by atoms with E-state index in [0.29, 0.717) is 6.04 Å². The number of piperidine rings is 1. The van der Waals surface area contributed by atoms with E-state index in [0.717, 1.165) is 19.5 Å². The Morgan fingerprint density at radius 2 is 2.11 bits per heavy atom. The lowest BCUT2D eigenvalue weighted by Gasteiger charge is -2.39. The molecule has 1 aliphatic carbocycles. The Balaban J connectivity index is 1.94. The Kier molecular flexibility index (Phi) is 4.81. The molecule has 1 saturated heterocycles. The van der Waals surface area contributed by atoms with Gasteiger partial charge in [-0.1, -0.05) is 31.9 Å². The molecule has 102 valence electrons. The van der Waals surface area contributed by atoms with Crippen LogP contribution in [-0.2, 0) is 4.79 Å². The largest absolute Gasteiger partial charge is 0.481 e. The molecule has 3 unspecified atom stereocenters. The third-order valence-corrected chi connectivity index (χ3v) is 4.45. The molecule has 0 radical (unpaired) electrons. The van der Waals surface area contributed by atoms with Crippen LogP contribution in [0, 0.1) is 11.8 Å². The third-order valence-electron chi connectivity index (χ3n) is 4.45. The summed E-state index contributed by atoms with van der Waals surface area (Å²) in [5.74, 6) is -0.482. The van der Waals surface area contributed by atoms with Crippen molar-refractivity contribution in [1.82, 2.24) is 4.90 Å². The Hall–Kier alpha value is -0.830. The Bertz CT molecular complexity index is 314. The van der Waals surface area contributed by atoms with E-state index in [9.17, 15) is 4.79 Å². The number of carbonyl (C=O) groups is 1. The lowest BCUT2D eigenvalue weighted by atomic mass is 9.85. The van der Waals surface area contributed by atoms with Crippen LogP contribution in [0.4, 0.5) is 0 Å². The van der Waals surface area contributed by atoms with E-state index >= 15 is 0 Å². The molecule has 0 bridgehead atoms. The maximum Gasteiger partial charge on any atom is 0.306 e. The average molecular weight is 251 g/mol. The van der Waals surface area contributed by atoms with Gasteiger partial charge in [-0.25, -0.2) is 0 Å². The quantitative estimate of drug-likeness (QED) is 0.767. The first-order valence-corrected chi connectivity index (χ1v) is 7.32. The van der Waals surface area contributed by atoms with E-state index in [1.807, 2.05) is 0 Å². The van der Waals surface area contributed by atoms with Crippen molar-refractivity contribution in [2.45, 2.75) is 51.5 Å². The summed E-state index contributed by atoms with van der Waals surface area (Å²) in [5.41, 5.74) is 0. The summed E-state index contributed by atoms with van der Waals surface area (Å²) in [7, 11) is 0. The summed E-state index contributed by atoms with van der Waals surface area (Å²) >= 11 is 0. The molecular weight excluding hydrogens is 226 g/mol. The van der Waals surface area contributed by atoms with Crippen LogP contribution in [0.2, 0.25) is 0 Å². The number of likely N-dealkylation sites (tertiary alicyclic amines) is 1. The molecule has 1 fully saturated rings. The zero-order valence-corrected chi connectivity index (χ0v) is 11.3. The van der Waals surface area contributed by atoms with Crippen LogP contribution in [-0.4, -0.2) is 35.1 Å². The van der Waals surface area contributed by atoms with Crippen molar-refractivity contribution in [2.75, 3.05) is 13.1 Å². The fourth-order valence-corrected chi connectivity index (χ4v) is 3.29. The topological polar surface area (TPSA) is 40.5 Å². The molecule has 2 rings (SSSR count). The van der Waals surface area contributed by atoms with Gasteiger partial charge < -0.3 is 5.11 Å². The molecule has 3 atom stereocenters. The van der Waals surface area contributed by atoms with Gasteiger partial charge >= 0.3 is 5.97 Å². The summed E-state index contributed by atoms with van der Waals surface area (Å²) in [4.78, 5) is 13.6. The molecule has 0 aromatic carbocycles. The molecule has 0 aromatic rings. The zero-order valence-electron chi connectivity index (χ0n) is 11.3. The van der Waals surface area contributed by atoms with Crippen LogP contribution in [0.25, 0.3) is 0 Å². The summed E-state index contributed by atoms with van der Waals surface area (Å²) < 4.78 is 0. The molecule has 18 heavy (non-hydrogen) atoms. The second-order valence-corrected chi connectivity index (χ2v) is 5.84. The van der Waals surface area contributed by atoms with Crippen LogP contribution < -0.4 is 0 Å². The van der Waals surface area contributed by atoms with E-state index < -0.39 is 5.97 Å². The van der Waals surface area contributed by atoms with Gasteiger partial charge in [0.2, 0.25) is 0 Å². The molecule has 1 heterocycles. The molecule has 1 N–H and O–H groups in total. The van der Waals surface area contributed by atoms with E-state index in [1.54, 1.807) is 0 Å². The van der Waals surface area contributed by atoms with Crippen molar-refractivity contribution in [1.29, 1.82) is 0 Å². The number of carboxylic acid groups (broad SMARTS) is 1. The first-order valence-electron chi connectivity index (χ1n) is 7.32. The van der Waals surface area contributed by atoms with E-state index in [1.165, 1.54) is 32.1 Å². The van der Waals surface area contributed by atoms with Gasteiger partial charge in [0, 0.05) is 12.6 Å². The first-order chi connectivity index (χ1) is 8.68. The maximum atomic E-state index is 11.1.